The maximum absolute atomic E-state index is 14.6. The zero-order chi connectivity index (χ0) is 42.7. The van der Waals surface area contributed by atoms with Crippen LogP contribution in [0.1, 0.15) is 46.2 Å². The summed E-state index contributed by atoms with van der Waals surface area (Å²) in [4.78, 5) is 28.1. The van der Waals surface area contributed by atoms with Crippen molar-refractivity contribution in [2.45, 2.75) is 50.0 Å². The third-order valence-electron chi connectivity index (χ3n) is 9.43. The summed E-state index contributed by atoms with van der Waals surface area (Å²) in [6, 6.07) is 15.5. The number of aromatic nitrogens is 4. The van der Waals surface area contributed by atoms with E-state index in [0.717, 1.165) is 30.4 Å². The Hall–Kier alpha value is -6.68. The number of hydrogen-bond donors (Lipinski definition) is 3. The highest BCUT2D eigenvalue weighted by atomic mass is 32.2. The Labute approximate surface area is 345 Å². The van der Waals surface area contributed by atoms with Crippen LogP contribution in [0.4, 0.5) is 19.3 Å². The van der Waals surface area contributed by atoms with Crippen LogP contribution in [0.2, 0.25) is 0 Å². The molecular formula is C42H38F2N8O6S2. The molecule has 2 aliphatic carbocycles. The Kier molecular flexibility index (Phi) is 13.9. The molecule has 0 saturated heterocycles. The number of primary sulfonamides is 1. The number of halogens is 2. The minimum Gasteiger partial charge on any atom is -0.387 e. The van der Waals surface area contributed by atoms with E-state index in [1.165, 1.54) is 30.7 Å². The average Bonchev–Trinajstić information content (AvgIpc) is 3.93. The van der Waals surface area contributed by atoms with Gasteiger partial charge in [0.25, 0.3) is 6.26 Å². The maximum atomic E-state index is 14.6. The average molecular weight is 853 g/mol. The summed E-state index contributed by atoms with van der Waals surface area (Å²) < 4.78 is 81.7. The number of nitriles is 1. The lowest BCUT2D eigenvalue weighted by Crippen LogP contribution is -2.35. The van der Waals surface area contributed by atoms with Crippen molar-refractivity contribution in [2.24, 2.45) is 5.14 Å². The van der Waals surface area contributed by atoms with Crippen molar-refractivity contribution in [1.82, 2.24) is 24.7 Å². The van der Waals surface area contributed by atoms with Gasteiger partial charge >= 0.3 is 6.03 Å². The fourth-order valence-electron chi connectivity index (χ4n) is 6.98. The largest absolute Gasteiger partial charge is 0.387 e. The minimum atomic E-state index is -3.94. The number of urea groups is 1. The Morgan fingerprint density at radius 2 is 1.20 bits per heavy atom. The molecule has 0 atom stereocenters. The highest BCUT2D eigenvalue weighted by Gasteiger charge is 2.26. The molecular weight excluding hydrogens is 815 g/mol. The van der Waals surface area contributed by atoms with Crippen molar-refractivity contribution >= 4 is 31.8 Å². The number of pyridine rings is 4. The number of rotatable bonds is 9. The van der Waals surface area contributed by atoms with Crippen molar-refractivity contribution in [3.05, 3.63) is 155 Å². The number of anilines is 1. The Morgan fingerprint density at radius 3 is 1.73 bits per heavy atom. The summed E-state index contributed by atoms with van der Waals surface area (Å²) >= 11 is 0. The summed E-state index contributed by atoms with van der Waals surface area (Å²) in [7, 11) is -7.36. The number of benzene rings is 2. The van der Waals surface area contributed by atoms with E-state index in [2.05, 4.69) is 25.3 Å². The number of ether oxygens (including phenoxy) is 1. The summed E-state index contributed by atoms with van der Waals surface area (Å²) in [6.45, 7) is 0. The van der Waals surface area contributed by atoms with Gasteiger partial charge in [0.05, 0.1) is 17.2 Å². The van der Waals surface area contributed by atoms with Gasteiger partial charge in [0, 0.05) is 66.3 Å². The van der Waals surface area contributed by atoms with Crippen molar-refractivity contribution in [3.63, 3.8) is 0 Å². The predicted octanol–water partition coefficient (Wildman–Crippen LogP) is 6.53. The quantitative estimate of drug-likeness (QED) is 0.133. The SMILES string of the molecule is N#COc1c(-c2ccncc2)cc(F)c2c1CCC2.NS(=O)(=O)Cc1cccnc1.O=C(Nc1c(-c2ccncc2)cc(F)c2c1CCC2)NS(=O)(=O)Cc1cccnc1. The number of nitrogens with two attached hydrogens (primary N) is 1. The summed E-state index contributed by atoms with van der Waals surface area (Å²) in [6.07, 6.45) is 18.4. The normalized spacial score (nSPS) is 12.6. The van der Waals surface area contributed by atoms with Crippen molar-refractivity contribution in [2.75, 3.05) is 5.32 Å². The zero-order valence-corrected chi connectivity index (χ0v) is 33.5. The number of sulfonamides is 2. The molecule has 4 N–H and O–H groups in total. The number of amides is 2. The van der Waals surface area contributed by atoms with Crippen LogP contribution in [0.25, 0.3) is 22.3 Å². The fraction of sp³-hybridized carbons (Fsp3) is 0.190. The van der Waals surface area contributed by atoms with Gasteiger partial charge in [0.15, 0.2) is 5.75 Å². The van der Waals surface area contributed by atoms with E-state index in [0.29, 0.717) is 75.2 Å². The van der Waals surface area contributed by atoms with Crippen LogP contribution in [-0.2, 0) is 57.2 Å². The van der Waals surface area contributed by atoms with Gasteiger partial charge in [0.2, 0.25) is 20.0 Å². The van der Waals surface area contributed by atoms with Gasteiger partial charge in [0.1, 0.15) is 11.6 Å². The van der Waals surface area contributed by atoms with Crippen LogP contribution in [-0.4, -0.2) is 42.8 Å². The molecule has 0 bridgehead atoms. The molecule has 0 spiro atoms. The summed E-state index contributed by atoms with van der Waals surface area (Å²) in [5, 5.41) is 16.3. The standard InChI is InChI=1S/C21H19FN4O3S.C15H11FN2O.C6H8N2O2S/c22-19-11-18(15-6-9-23-10-7-15)20(17-5-1-4-16(17)19)25-21(27)26-30(28,29)13-14-3-2-8-24-12-14;16-14-8-13(10-4-6-18-7-5-10)15(19-9-17)12-3-1-2-11(12)14;7-11(9,10)5-6-2-1-3-8-4-6/h2-3,6-12H,1,4-5,13H2,(H2,25,26,27);4-8H,1-3H2;1-4H,5H2,(H2,7,9,10). The molecule has 0 radical (unpaired) electrons. The predicted molar refractivity (Wildman–Crippen MR) is 220 cm³/mol. The maximum Gasteiger partial charge on any atom is 0.332 e. The smallest absolute Gasteiger partial charge is 0.332 e. The Morgan fingerprint density at radius 1 is 0.700 bits per heavy atom. The van der Waals surface area contributed by atoms with Crippen molar-refractivity contribution in [3.8, 4) is 34.3 Å². The summed E-state index contributed by atoms with van der Waals surface area (Å²) in [5.41, 5.74) is 6.81. The highest BCUT2D eigenvalue weighted by Crippen LogP contribution is 2.41. The van der Waals surface area contributed by atoms with E-state index in [4.69, 9.17) is 15.1 Å². The number of nitrogens with one attached hydrogen (secondary N) is 2. The highest BCUT2D eigenvalue weighted by molar-refractivity contribution is 7.89. The number of fused-ring (bicyclic) bond motifs is 2. The molecule has 0 saturated carbocycles. The van der Waals surface area contributed by atoms with E-state index in [-0.39, 0.29) is 23.1 Å². The third kappa shape index (κ3) is 11.3. The van der Waals surface area contributed by atoms with Crippen LogP contribution < -0.4 is 19.9 Å². The molecule has 2 aliphatic rings. The van der Waals surface area contributed by atoms with Gasteiger partial charge in [-0.2, -0.15) is 0 Å². The van der Waals surface area contributed by atoms with Gasteiger partial charge in [-0.3, -0.25) is 19.9 Å². The van der Waals surface area contributed by atoms with E-state index >= 15 is 0 Å². The Balaban J connectivity index is 0.000000171. The zero-order valence-electron chi connectivity index (χ0n) is 31.9. The fourth-order valence-corrected chi connectivity index (χ4v) is 8.63. The minimum absolute atomic E-state index is 0.152. The molecule has 6 aromatic rings. The lowest BCUT2D eigenvalue weighted by Gasteiger charge is -2.17. The molecule has 8 rings (SSSR count). The molecule has 308 valence electrons. The number of carbonyl (C=O) groups excluding carboxylic acids is 1. The van der Waals surface area contributed by atoms with Crippen LogP contribution >= 0.6 is 0 Å². The lowest BCUT2D eigenvalue weighted by molar-refractivity contribution is 0.256. The molecule has 18 heteroatoms. The molecule has 60 heavy (non-hydrogen) atoms. The topological polar surface area (TPSA) is 220 Å². The van der Waals surface area contributed by atoms with Gasteiger partial charge in [-0.1, -0.05) is 12.1 Å². The first kappa shape index (κ1) is 42.9. The second kappa shape index (κ2) is 19.4. The van der Waals surface area contributed by atoms with E-state index in [1.54, 1.807) is 85.8 Å². The number of carbonyl (C=O) groups is 1. The van der Waals surface area contributed by atoms with Crippen molar-refractivity contribution < 1.29 is 35.1 Å². The van der Waals surface area contributed by atoms with Gasteiger partial charge in [-0.25, -0.2) is 40.3 Å². The molecule has 2 amide bonds. The first-order chi connectivity index (χ1) is 28.8. The van der Waals surface area contributed by atoms with Crippen LogP contribution in [0.3, 0.4) is 0 Å². The summed E-state index contributed by atoms with van der Waals surface area (Å²) in [5.74, 6) is -0.593. The van der Waals surface area contributed by atoms with Crippen LogP contribution in [0, 0.1) is 23.2 Å². The third-order valence-corrected chi connectivity index (χ3v) is 11.4. The van der Waals surface area contributed by atoms with E-state index in [1.807, 2.05) is 4.72 Å². The molecule has 0 unspecified atom stereocenters. The molecule has 14 nitrogen and oxygen atoms in total. The molecule has 4 heterocycles. The first-order valence-electron chi connectivity index (χ1n) is 18.5. The Bertz CT molecular complexity index is 2730. The first-order valence-corrected chi connectivity index (χ1v) is 21.8. The molecule has 2 aromatic carbocycles. The second-order valence-electron chi connectivity index (χ2n) is 13.6. The van der Waals surface area contributed by atoms with Gasteiger partial charge in [-0.15, -0.1) is 5.26 Å². The van der Waals surface area contributed by atoms with Crippen LogP contribution in [0.15, 0.2) is 110 Å². The van der Waals surface area contributed by atoms with Gasteiger partial charge < -0.3 is 10.1 Å². The monoisotopic (exact) mass is 852 g/mol. The molecule has 0 fully saturated rings. The number of hydrogen-bond acceptors (Lipinski definition) is 11. The number of nitrogens with zero attached hydrogens (tertiary/aromatic N) is 5. The second-order valence-corrected chi connectivity index (χ2v) is 17.0. The van der Waals surface area contributed by atoms with Crippen molar-refractivity contribution in [1.29, 1.82) is 5.26 Å². The lowest BCUT2D eigenvalue weighted by atomic mass is 9.97. The van der Waals surface area contributed by atoms with E-state index < -0.39 is 26.1 Å². The van der Waals surface area contributed by atoms with Crippen LogP contribution in [0.5, 0.6) is 5.75 Å². The molecule has 0 aliphatic heterocycles. The van der Waals surface area contributed by atoms with E-state index in [9.17, 15) is 30.4 Å². The van der Waals surface area contributed by atoms with Gasteiger partial charge in [-0.05, 0) is 126 Å². The molecule has 4 aromatic heterocycles.